The third kappa shape index (κ3) is 4.12. The number of fused-ring (bicyclic) bond motifs is 1. The second kappa shape index (κ2) is 9.89. The van der Waals surface area contributed by atoms with Crippen LogP contribution in [0.1, 0.15) is 33.4 Å². The van der Waals surface area contributed by atoms with Crippen LogP contribution in [-0.4, -0.2) is 74.0 Å². The third-order valence-corrected chi connectivity index (χ3v) is 7.16. The van der Waals surface area contributed by atoms with Gasteiger partial charge in [0.25, 0.3) is 5.91 Å². The highest BCUT2D eigenvalue weighted by molar-refractivity contribution is 6.01. The molecule has 2 atom stereocenters. The number of methoxy groups -OCH3 is 2. The van der Waals surface area contributed by atoms with Crippen molar-refractivity contribution in [1.82, 2.24) is 14.8 Å². The zero-order valence-corrected chi connectivity index (χ0v) is 20.8. The minimum Gasteiger partial charge on any atom is -0.493 e. The Kier molecular flexibility index (Phi) is 6.50. The number of hydrogen-bond acceptors (Lipinski definition) is 6. The van der Waals surface area contributed by atoms with Crippen LogP contribution < -0.4 is 14.4 Å². The summed E-state index contributed by atoms with van der Waals surface area (Å²) in [5.41, 5.74) is 2.16. The average Bonchev–Trinajstić information content (AvgIpc) is 2.94. The Morgan fingerprint density at radius 2 is 1.64 bits per heavy atom. The lowest BCUT2D eigenvalue weighted by Crippen LogP contribution is -2.53. The average molecular weight is 487 g/mol. The molecule has 1 fully saturated rings. The monoisotopic (exact) mass is 486 g/mol. The fourth-order valence-corrected chi connectivity index (χ4v) is 5.29. The molecule has 0 radical (unpaired) electrons. The number of likely N-dealkylation sites (N-methyl/N-ethyl adjacent to an activating group) is 1. The van der Waals surface area contributed by atoms with E-state index in [0.717, 1.165) is 16.9 Å². The van der Waals surface area contributed by atoms with E-state index in [4.69, 9.17) is 9.47 Å². The molecule has 2 aliphatic heterocycles. The van der Waals surface area contributed by atoms with Gasteiger partial charge in [-0.05, 0) is 41.5 Å². The normalized spacial score (nSPS) is 19.6. The molecule has 0 spiro atoms. The van der Waals surface area contributed by atoms with E-state index >= 15 is 0 Å². The van der Waals surface area contributed by atoms with Gasteiger partial charge in [-0.3, -0.25) is 9.59 Å². The van der Waals surface area contributed by atoms with Crippen LogP contribution in [0.3, 0.4) is 0 Å². The number of carbonyl (C=O) groups excluding carboxylic acids is 2. The predicted octanol–water partition coefficient (Wildman–Crippen LogP) is 3.36. The van der Waals surface area contributed by atoms with E-state index in [1.807, 2.05) is 59.5 Å². The second-order valence-electron chi connectivity index (χ2n) is 9.04. The fraction of sp³-hybridized carbons (Fsp3) is 0.321. The SMILES string of the molecule is COc1ccc([C@H]2[C@H](C(=O)N3CCN(c4ccccn4)CC3)c3ccccc3C(=O)N2C)cc1OC. The van der Waals surface area contributed by atoms with Gasteiger partial charge in [-0.25, -0.2) is 4.98 Å². The Hall–Kier alpha value is -4.07. The number of carbonyl (C=O) groups is 2. The molecule has 3 aromatic rings. The maximum Gasteiger partial charge on any atom is 0.254 e. The quantitative estimate of drug-likeness (QED) is 0.551. The molecule has 36 heavy (non-hydrogen) atoms. The molecule has 186 valence electrons. The van der Waals surface area contributed by atoms with Crippen molar-refractivity contribution in [3.05, 3.63) is 83.6 Å². The zero-order valence-electron chi connectivity index (χ0n) is 20.8. The van der Waals surface area contributed by atoms with Crippen molar-refractivity contribution < 1.29 is 19.1 Å². The summed E-state index contributed by atoms with van der Waals surface area (Å²) in [6, 6.07) is 18.4. The number of rotatable bonds is 5. The van der Waals surface area contributed by atoms with Crippen LogP contribution >= 0.6 is 0 Å². The van der Waals surface area contributed by atoms with E-state index in [2.05, 4.69) is 9.88 Å². The van der Waals surface area contributed by atoms with E-state index in [0.29, 0.717) is 43.2 Å². The van der Waals surface area contributed by atoms with E-state index < -0.39 is 12.0 Å². The van der Waals surface area contributed by atoms with Gasteiger partial charge >= 0.3 is 0 Å². The highest BCUT2D eigenvalue weighted by Gasteiger charge is 2.44. The summed E-state index contributed by atoms with van der Waals surface area (Å²) in [4.78, 5) is 37.8. The van der Waals surface area contributed by atoms with Crippen LogP contribution in [0.15, 0.2) is 66.9 Å². The van der Waals surface area contributed by atoms with Crippen LogP contribution in [-0.2, 0) is 4.79 Å². The van der Waals surface area contributed by atoms with Crippen molar-refractivity contribution in [1.29, 1.82) is 0 Å². The summed E-state index contributed by atoms with van der Waals surface area (Å²) in [6.07, 6.45) is 1.78. The molecule has 2 aliphatic rings. The van der Waals surface area contributed by atoms with E-state index in [9.17, 15) is 9.59 Å². The summed E-state index contributed by atoms with van der Waals surface area (Å²) in [7, 11) is 4.93. The number of aromatic nitrogens is 1. The molecule has 0 saturated carbocycles. The fourth-order valence-electron chi connectivity index (χ4n) is 5.29. The van der Waals surface area contributed by atoms with Crippen LogP contribution in [0.5, 0.6) is 11.5 Å². The van der Waals surface area contributed by atoms with Crippen molar-refractivity contribution >= 4 is 17.6 Å². The molecule has 5 rings (SSSR count). The lowest BCUT2D eigenvalue weighted by atomic mass is 9.79. The molecule has 8 nitrogen and oxygen atoms in total. The lowest BCUT2D eigenvalue weighted by Gasteiger charge is -2.43. The maximum absolute atomic E-state index is 14.2. The van der Waals surface area contributed by atoms with Gasteiger partial charge < -0.3 is 24.2 Å². The number of benzene rings is 2. The standard InChI is InChI=1S/C28H30N4O4/c1-30-26(19-11-12-22(35-2)23(18-19)36-3)25(20-8-4-5-9-21(20)27(30)33)28(34)32-16-14-31(15-17-32)24-10-6-7-13-29-24/h4-13,18,25-26H,14-17H2,1-3H3/t25-,26+/m1/s1. The number of amides is 2. The van der Waals surface area contributed by atoms with Gasteiger partial charge in [0.05, 0.1) is 26.2 Å². The van der Waals surface area contributed by atoms with Crippen molar-refractivity contribution in [3.8, 4) is 11.5 Å². The minimum absolute atomic E-state index is 0.0160. The smallest absolute Gasteiger partial charge is 0.254 e. The van der Waals surface area contributed by atoms with Gasteiger partial charge in [0, 0.05) is 45.0 Å². The summed E-state index contributed by atoms with van der Waals surface area (Å²) in [5, 5.41) is 0. The van der Waals surface area contributed by atoms with Gasteiger partial charge in [0.1, 0.15) is 5.82 Å². The number of anilines is 1. The second-order valence-corrected chi connectivity index (χ2v) is 9.04. The number of pyridine rings is 1. The lowest BCUT2D eigenvalue weighted by molar-refractivity contribution is -0.134. The molecular formula is C28H30N4O4. The molecule has 0 unspecified atom stereocenters. The molecule has 0 aliphatic carbocycles. The van der Waals surface area contributed by atoms with Gasteiger partial charge in [-0.15, -0.1) is 0 Å². The number of piperazine rings is 1. The summed E-state index contributed by atoms with van der Waals surface area (Å²) in [5.74, 6) is 1.45. The Morgan fingerprint density at radius 3 is 2.33 bits per heavy atom. The maximum atomic E-state index is 14.2. The summed E-state index contributed by atoms with van der Waals surface area (Å²) in [6.45, 7) is 2.58. The van der Waals surface area contributed by atoms with Gasteiger partial charge in [-0.2, -0.15) is 0 Å². The summed E-state index contributed by atoms with van der Waals surface area (Å²) >= 11 is 0. The number of hydrogen-bond donors (Lipinski definition) is 0. The van der Waals surface area contributed by atoms with Gasteiger partial charge in [0.2, 0.25) is 5.91 Å². The van der Waals surface area contributed by atoms with Gasteiger partial charge in [-0.1, -0.05) is 30.3 Å². The Balaban J connectivity index is 1.49. The zero-order chi connectivity index (χ0) is 25.2. The van der Waals surface area contributed by atoms with Crippen LogP contribution in [0, 0.1) is 0 Å². The highest BCUT2D eigenvalue weighted by atomic mass is 16.5. The molecule has 1 aromatic heterocycles. The Bertz CT molecular complexity index is 1260. The first-order valence-corrected chi connectivity index (χ1v) is 12.1. The van der Waals surface area contributed by atoms with Gasteiger partial charge in [0.15, 0.2) is 11.5 Å². The topological polar surface area (TPSA) is 75.2 Å². The van der Waals surface area contributed by atoms with Crippen molar-refractivity contribution in [3.63, 3.8) is 0 Å². The largest absolute Gasteiger partial charge is 0.493 e. The summed E-state index contributed by atoms with van der Waals surface area (Å²) < 4.78 is 10.9. The highest BCUT2D eigenvalue weighted by Crippen LogP contribution is 2.44. The van der Waals surface area contributed by atoms with Crippen LogP contribution in [0.2, 0.25) is 0 Å². The minimum atomic E-state index is -0.539. The molecule has 8 heteroatoms. The molecule has 0 bridgehead atoms. The molecule has 1 saturated heterocycles. The molecule has 3 heterocycles. The third-order valence-electron chi connectivity index (χ3n) is 7.16. The van der Waals surface area contributed by atoms with E-state index in [-0.39, 0.29) is 11.8 Å². The first-order valence-electron chi connectivity index (χ1n) is 12.1. The number of nitrogens with zero attached hydrogens (tertiary/aromatic N) is 4. The van der Waals surface area contributed by atoms with Crippen molar-refractivity contribution in [2.75, 3.05) is 52.3 Å². The van der Waals surface area contributed by atoms with Crippen molar-refractivity contribution in [2.45, 2.75) is 12.0 Å². The number of ether oxygens (including phenoxy) is 2. The Labute approximate surface area is 211 Å². The first-order chi connectivity index (χ1) is 17.5. The Morgan fingerprint density at radius 1 is 0.917 bits per heavy atom. The predicted molar refractivity (Wildman–Crippen MR) is 137 cm³/mol. The van der Waals surface area contributed by atoms with Crippen molar-refractivity contribution in [2.24, 2.45) is 0 Å². The molecular weight excluding hydrogens is 456 g/mol. The molecule has 2 amide bonds. The van der Waals surface area contributed by atoms with E-state index in [1.54, 1.807) is 38.4 Å². The van der Waals surface area contributed by atoms with Crippen LogP contribution in [0.4, 0.5) is 5.82 Å². The first kappa shape index (κ1) is 23.7. The molecule has 0 N–H and O–H groups in total. The van der Waals surface area contributed by atoms with E-state index in [1.165, 1.54) is 0 Å². The molecule has 2 aromatic carbocycles. The van der Waals surface area contributed by atoms with Crippen LogP contribution in [0.25, 0.3) is 0 Å².